The molecular formula is C21H22N4OS2. The molecule has 5 nitrogen and oxygen atoms in total. The normalized spacial score (nSPS) is 17.2. The number of benzene rings is 1. The summed E-state index contributed by atoms with van der Waals surface area (Å²) in [4.78, 5) is 7.75. The van der Waals surface area contributed by atoms with Crippen LogP contribution in [0.1, 0.15) is 43.8 Å². The van der Waals surface area contributed by atoms with E-state index in [4.69, 9.17) is 21.7 Å². The summed E-state index contributed by atoms with van der Waals surface area (Å²) in [6.07, 6.45) is 1.01. The van der Waals surface area contributed by atoms with E-state index in [-0.39, 0.29) is 6.04 Å². The van der Waals surface area contributed by atoms with Crippen LogP contribution in [0.5, 0.6) is 0 Å². The first kappa shape index (κ1) is 18.8. The Balaban J connectivity index is 1.80. The van der Waals surface area contributed by atoms with Crippen LogP contribution in [0.4, 0.5) is 0 Å². The van der Waals surface area contributed by atoms with Crippen molar-refractivity contribution in [1.82, 2.24) is 20.4 Å². The molecule has 3 aromatic rings. The molecule has 1 aromatic carbocycles. The van der Waals surface area contributed by atoms with E-state index in [1.807, 2.05) is 17.5 Å². The van der Waals surface area contributed by atoms with Crippen LogP contribution in [0.25, 0.3) is 16.3 Å². The summed E-state index contributed by atoms with van der Waals surface area (Å²) >= 11 is 7.21. The number of aromatic nitrogens is 2. The van der Waals surface area contributed by atoms with Gasteiger partial charge in [-0.2, -0.15) is 4.98 Å². The van der Waals surface area contributed by atoms with E-state index in [0.717, 1.165) is 34.7 Å². The third kappa shape index (κ3) is 3.36. The molecule has 0 saturated heterocycles. The predicted molar refractivity (Wildman–Crippen MR) is 117 cm³/mol. The van der Waals surface area contributed by atoms with Gasteiger partial charge in [0.1, 0.15) is 0 Å². The lowest BCUT2D eigenvalue weighted by Gasteiger charge is -2.36. The van der Waals surface area contributed by atoms with Crippen LogP contribution in [0.2, 0.25) is 0 Å². The Bertz CT molecular complexity index is 1010. The molecule has 1 N–H and O–H groups in total. The second-order valence-electron chi connectivity index (χ2n) is 6.62. The molecule has 2 aromatic heterocycles. The summed E-state index contributed by atoms with van der Waals surface area (Å²) < 4.78 is 5.70. The molecule has 0 spiro atoms. The first-order chi connectivity index (χ1) is 13.6. The van der Waals surface area contributed by atoms with Crippen LogP contribution < -0.4 is 5.32 Å². The lowest BCUT2D eigenvalue weighted by atomic mass is 9.94. The van der Waals surface area contributed by atoms with Gasteiger partial charge in [0.15, 0.2) is 5.11 Å². The largest absolute Gasteiger partial charge is 0.351 e. The maximum atomic E-state index is 5.70. The topological polar surface area (TPSA) is 54.2 Å². The molecule has 144 valence electrons. The van der Waals surface area contributed by atoms with Gasteiger partial charge in [-0.05, 0) is 55.1 Å². The highest BCUT2D eigenvalue weighted by molar-refractivity contribution is 7.80. The zero-order valence-corrected chi connectivity index (χ0v) is 17.7. The lowest BCUT2D eigenvalue weighted by Crippen LogP contribution is -2.45. The molecule has 1 unspecified atom stereocenters. The summed E-state index contributed by atoms with van der Waals surface area (Å²) in [5.41, 5.74) is 4.44. The van der Waals surface area contributed by atoms with Crippen LogP contribution in [0.3, 0.4) is 0 Å². The Kier molecular flexibility index (Phi) is 5.28. The third-order valence-electron chi connectivity index (χ3n) is 5.03. The zero-order valence-electron chi connectivity index (χ0n) is 16.1. The predicted octanol–water partition coefficient (Wildman–Crippen LogP) is 5.04. The van der Waals surface area contributed by atoms with E-state index in [0.29, 0.717) is 16.8 Å². The number of nitrogens with zero attached hydrogens (tertiary/aromatic N) is 3. The molecule has 0 bridgehead atoms. The van der Waals surface area contributed by atoms with Crippen molar-refractivity contribution in [2.24, 2.45) is 0 Å². The average Bonchev–Trinajstić information content (AvgIpc) is 3.40. The van der Waals surface area contributed by atoms with Gasteiger partial charge >= 0.3 is 0 Å². The molecule has 4 rings (SSSR count). The van der Waals surface area contributed by atoms with Crippen LogP contribution in [0.15, 0.2) is 52.0 Å². The summed E-state index contributed by atoms with van der Waals surface area (Å²) in [6.45, 7) is 7.07. The van der Waals surface area contributed by atoms with Gasteiger partial charge in [0.05, 0.1) is 16.5 Å². The SMILES string of the molecule is CCc1ccc(C2NC(=S)N(CC)C(C)=C2c2nc(-c3cccs3)no2)cc1. The minimum atomic E-state index is -0.127. The number of aryl methyl sites for hydroxylation is 1. The molecule has 0 aliphatic carbocycles. The maximum absolute atomic E-state index is 5.70. The highest BCUT2D eigenvalue weighted by Gasteiger charge is 2.33. The number of hydrogen-bond acceptors (Lipinski definition) is 5. The summed E-state index contributed by atoms with van der Waals surface area (Å²) in [6, 6.07) is 12.5. The van der Waals surface area contributed by atoms with E-state index >= 15 is 0 Å². The number of rotatable bonds is 5. The zero-order chi connectivity index (χ0) is 19.7. The molecule has 0 amide bonds. The van der Waals surface area contributed by atoms with Crippen molar-refractivity contribution < 1.29 is 4.52 Å². The monoisotopic (exact) mass is 410 g/mol. The Morgan fingerprint density at radius 3 is 2.64 bits per heavy atom. The fourth-order valence-corrected chi connectivity index (χ4v) is 4.51. The van der Waals surface area contributed by atoms with Crippen molar-refractivity contribution in [1.29, 1.82) is 0 Å². The van der Waals surface area contributed by atoms with Gasteiger partial charge < -0.3 is 14.7 Å². The smallest absolute Gasteiger partial charge is 0.258 e. The molecule has 1 atom stereocenters. The van der Waals surface area contributed by atoms with E-state index in [1.54, 1.807) is 11.3 Å². The Hall–Kier alpha value is -2.51. The lowest BCUT2D eigenvalue weighted by molar-refractivity contribution is 0.398. The summed E-state index contributed by atoms with van der Waals surface area (Å²) in [5, 5.41) is 10.4. The Morgan fingerprint density at radius 1 is 1.21 bits per heavy atom. The Morgan fingerprint density at radius 2 is 2.00 bits per heavy atom. The second kappa shape index (κ2) is 7.85. The van der Waals surface area contributed by atoms with Crippen LogP contribution in [0, 0.1) is 0 Å². The number of thiophene rings is 1. The van der Waals surface area contributed by atoms with Gasteiger partial charge in [0, 0.05) is 12.2 Å². The molecule has 0 fully saturated rings. The Labute approximate surface area is 174 Å². The van der Waals surface area contributed by atoms with Crippen molar-refractivity contribution >= 4 is 34.2 Å². The van der Waals surface area contributed by atoms with E-state index < -0.39 is 0 Å². The van der Waals surface area contributed by atoms with Crippen LogP contribution >= 0.6 is 23.6 Å². The standard InChI is InChI=1S/C21H22N4OS2/c1-4-14-8-10-15(11-9-14)18-17(13(3)25(5-2)21(27)22-18)20-23-19(24-26-20)16-7-6-12-28-16/h6-12,18H,4-5H2,1-3H3,(H,22,27). The van der Waals surface area contributed by atoms with E-state index in [2.05, 4.69) is 60.4 Å². The maximum Gasteiger partial charge on any atom is 0.258 e. The minimum absolute atomic E-state index is 0.127. The fraction of sp³-hybridized carbons (Fsp3) is 0.286. The first-order valence-corrected chi connectivity index (χ1v) is 10.7. The van der Waals surface area contributed by atoms with Gasteiger partial charge in [-0.3, -0.25) is 0 Å². The summed E-state index contributed by atoms with van der Waals surface area (Å²) in [5.74, 6) is 1.14. The van der Waals surface area contributed by atoms with Crippen LogP contribution in [-0.4, -0.2) is 26.7 Å². The molecule has 28 heavy (non-hydrogen) atoms. The second-order valence-corrected chi connectivity index (χ2v) is 7.96. The quantitative estimate of drug-likeness (QED) is 0.595. The van der Waals surface area contributed by atoms with Crippen molar-refractivity contribution in [3.8, 4) is 10.7 Å². The number of nitrogens with one attached hydrogen (secondary N) is 1. The van der Waals surface area contributed by atoms with Crippen molar-refractivity contribution in [3.63, 3.8) is 0 Å². The van der Waals surface area contributed by atoms with Crippen LogP contribution in [-0.2, 0) is 6.42 Å². The van der Waals surface area contributed by atoms with Crippen molar-refractivity contribution in [2.45, 2.75) is 33.2 Å². The molecular weight excluding hydrogens is 388 g/mol. The van der Waals surface area contributed by atoms with Gasteiger partial charge in [-0.1, -0.05) is 42.4 Å². The number of thiocarbonyl (C=S) groups is 1. The molecule has 3 heterocycles. The van der Waals surface area contributed by atoms with Gasteiger partial charge in [0.2, 0.25) is 5.82 Å². The van der Waals surface area contributed by atoms with E-state index in [1.165, 1.54) is 5.56 Å². The first-order valence-electron chi connectivity index (χ1n) is 9.38. The molecule has 1 aliphatic rings. The van der Waals surface area contributed by atoms with Crippen molar-refractivity contribution in [3.05, 3.63) is 64.5 Å². The third-order valence-corrected chi connectivity index (χ3v) is 6.24. The van der Waals surface area contributed by atoms with Gasteiger partial charge in [-0.25, -0.2) is 0 Å². The molecule has 0 saturated carbocycles. The van der Waals surface area contributed by atoms with E-state index in [9.17, 15) is 0 Å². The van der Waals surface area contributed by atoms with Gasteiger partial charge in [-0.15, -0.1) is 11.3 Å². The highest BCUT2D eigenvalue weighted by Crippen LogP contribution is 2.37. The van der Waals surface area contributed by atoms with Gasteiger partial charge in [0.25, 0.3) is 5.89 Å². The fourth-order valence-electron chi connectivity index (χ4n) is 3.47. The summed E-state index contributed by atoms with van der Waals surface area (Å²) in [7, 11) is 0. The number of hydrogen-bond donors (Lipinski definition) is 1. The molecule has 0 radical (unpaired) electrons. The minimum Gasteiger partial charge on any atom is -0.351 e. The average molecular weight is 411 g/mol. The highest BCUT2D eigenvalue weighted by atomic mass is 32.1. The molecule has 1 aliphatic heterocycles. The number of allylic oxidation sites excluding steroid dienone is 1. The van der Waals surface area contributed by atoms with Crippen molar-refractivity contribution in [2.75, 3.05) is 6.54 Å². The molecule has 7 heteroatoms.